The minimum Gasteiger partial charge on any atom is -0.372 e. The maximum absolute atomic E-state index is 9.68. The van der Waals surface area contributed by atoms with E-state index < -0.39 is 0 Å². The molecule has 0 saturated heterocycles. The zero-order valence-electron chi connectivity index (χ0n) is 13.9. The van der Waals surface area contributed by atoms with Crippen molar-refractivity contribution in [3.8, 4) is 6.07 Å². The van der Waals surface area contributed by atoms with Gasteiger partial charge in [0, 0.05) is 23.6 Å². The second-order valence-electron chi connectivity index (χ2n) is 5.70. The quantitative estimate of drug-likeness (QED) is 0.909. The van der Waals surface area contributed by atoms with E-state index in [2.05, 4.69) is 48.9 Å². The van der Waals surface area contributed by atoms with Crippen LogP contribution in [0.25, 0.3) is 0 Å². The van der Waals surface area contributed by atoms with E-state index in [1.807, 2.05) is 23.1 Å². The standard InChI is InChI=1S/C19H20N4S/c1-4-23-12-21-18-16(10-20)19(22-13(2)17(18)14(23)3)24-11-15-8-6-5-7-9-15/h5-9,12-13,22H,3-4,11H2,1-2H3. The maximum atomic E-state index is 9.68. The summed E-state index contributed by atoms with van der Waals surface area (Å²) in [6.07, 6.45) is 1.77. The van der Waals surface area contributed by atoms with Crippen molar-refractivity contribution >= 4 is 18.1 Å². The second-order valence-corrected chi connectivity index (χ2v) is 6.68. The first-order valence-corrected chi connectivity index (χ1v) is 8.96. The highest BCUT2D eigenvalue weighted by Crippen LogP contribution is 2.37. The first kappa shape index (κ1) is 16.4. The molecule has 2 heterocycles. The number of allylic oxidation sites excluding steroid dienone is 1. The smallest absolute Gasteiger partial charge is 0.108 e. The second kappa shape index (κ2) is 6.98. The Kier molecular flexibility index (Phi) is 4.77. The number of aliphatic imine (C=N–C) groups is 1. The molecule has 1 unspecified atom stereocenters. The summed E-state index contributed by atoms with van der Waals surface area (Å²) < 4.78 is 0. The third-order valence-electron chi connectivity index (χ3n) is 4.16. The zero-order valence-corrected chi connectivity index (χ0v) is 14.7. The maximum Gasteiger partial charge on any atom is 0.108 e. The Labute approximate surface area is 147 Å². The summed E-state index contributed by atoms with van der Waals surface area (Å²) >= 11 is 1.65. The molecule has 3 rings (SSSR count). The van der Waals surface area contributed by atoms with Gasteiger partial charge in [-0.1, -0.05) is 36.9 Å². The molecule has 1 N–H and O–H groups in total. The lowest BCUT2D eigenvalue weighted by Crippen LogP contribution is -2.38. The number of likely N-dealkylation sites (N-methyl/N-ethyl adjacent to an activating group) is 1. The highest BCUT2D eigenvalue weighted by atomic mass is 32.2. The molecule has 0 amide bonds. The summed E-state index contributed by atoms with van der Waals surface area (Å²) in [5.74, 6) is 0.815. The number of nitriles is 1. The zero-order chi connectivity index (χ0) is 17.1. The largest absolute Gasteiger partial charge is 0.372 e. The number of nitrogens with zero attached hydrogens (tertiary/aromatic N) is 3. The van der Waals surface area contributed by atoms with Crippen LogP contribution in [0, 0.1) is 11.3 Å². The first-order valence-electron chi connectivity index (χ1n) is 7.98. The summed E-state index contributed by atoms with van der Waals surface area (Å²) in [7, 11) is 0. The summed E-state index contributed by atoms with van der Waals surface area (Å²) in [4.78, 5) is 6.56. The van der Waals surface area contributed by atoms with Gasteiger partial charge in [0.2, 0.25) is 0 Å². The molecule has 1 aromatic carbocycles. The Hall–Kier alpha value is -2.45. The molecule has 5 heteroatoms. The third-order valence-corrected chi connectivity index (χ3v) is 5.25. The number of thioether (sulfide) groups is 1. The van der Waals surface area contributed by atoms with Crippen LogP contribution in [0.2, 0.25) is 0 Å². The van der Waals surface area contributed by atoms with Gasteiger partial charge >= 0.3 is 0 Å². The van der Waals surface area contributed by atoms with E-state index in [1.54, 1.807) is 18.1 Å². The van der Waals surface area contributed by atoms with E-state index in [0.29, 0.717) is 5.57 Å². The lowest BCUT2D eigenvalue weighted by atomic mass is 9.95. The van der Waals surface area contributed by atoms with Crippen LogP contribution >= 0.6 is 11.8 Å². The van der Waals surface area contributed by atoms with Gasteiger partial charge in [-0.15, -0.1) is 11.8 Å². The molecular formula is C19H20N4S. The molecule has 0 fully saturated rings. The number of nitrogens with one attached hydrogen (secondary N) is 1. The Morgan fingerprint density at radius 2 is 2.12 bits per heavy atom. The SMILES string of the molecule is C=C1C2=C(N=CN1CC)C(C#N)=C(SCc1ccccc1)NC2C. The van der Waals surface area contributed by atoms with Crippen molar-refractivity contribution in [1.82, 2.24) is 10.2 Å². The van der Waals surface area contributed by atoms with Crippen molar-refractivity contribution in [3.63, 3.8) is 0 Å². The molecule has 1 atom stereocenters. The minimum atomic E-state index is 0.0781. The van der Waals surface area contributed by atoms with E-state index in [0.717, 1.165) is 34.3 Å². The van der Waals surface area contributed by atoms with Crippen molar-refractivity contribution in [3.05, 3.63) is 70.0 Å². The molecule has 0 bridgehead atoms. The van der Waals surface area contributed by atoms with Crippen molar-refractivity contribution in [2.75, 3.05) is 6.54 Å². The normalized spacial score (nSPS) is 20.0. The highest BCUT2D eigenvalue weighted by Gasteiger charge is 2.31. The van der Waals surface area contributed by atoms with Gasteiger partial charge in [-0.3, -0.25) is 0 Å². The van der Waals surface area contributed by atoms with Crippen LogP contribution < -0.4 is 5.32 Å². The van der Waals surface area contributed by atoms with E-state index in [4.69, 9.17) is 0 Å². The molecule has 2 aliphatic rings. The topological polar surface area (TPSA) is 51.4 Å². The monoisotopic (exact) mass is 336 g/mol. The van der Waals surface area contributed by atoms with Gasteiger partial charge < -0.3 is 10.2 Å². The van der Waals surface area contributed by atoms with Crippen molar-refractivity contribution in [2.45, 2.75) is 25.6 Å². The first-order chi connectivity index (χ1) is 11.7. The molecule has 0 spiro atoms. The summed E-state index contributed by atoms with van der Waals surface area (Å²) in [6, 6.07) is 12.7. The Balaban J connectivity index is 1.91. The molecule has 122 valence electrons. The van der Waals surface area contributed by atoms with Gasteiger partial charge in [-0.25, -0.2) is 4.99 Å². The molecule has 24 heavy (non-hydrogen) atoms. The van der Waals surface area contributed by atoms with Gasteiger partial charge in [0.05, 0.1) is 23.1 Å². The van der Waals surface area contributed by atoms with Crippen LogP contribution in [0.4, 0.5) is 0 Å². The van der Waals surface area contributed by atoms with Gasteiger partial charge in [-0.05, 0) is 19.4 Å². The van der Waals surface area contributed by atoms with Gasteiger partial charge in [-0.2, -0.15) is 5.26 Å². The van der Waals surface area contributed by atoms with Crippen molar-refractivity contribution in [1.29, 1.82) is 5.26 Å². The third kappa shape index (κ3) is 2.98. The van der Waals surface area contributed by atoms with E-state index in [1.165, 1.54) is 5.56 Å². The van der Waals surface area contributed by atoms with Crippen LogP contribution in [0.5, 0.6) is 0 Å². The molecule has 2 aliphatic heterocycles. The lowest BCUT2D eigenvalue weighted by Gasteiger charge is -2.35. The number of dihydropyridines is 1. The van der Waals surface area contributed by atoms with Crippen LogP contribution in [-0.2, 0) is 5.75 Å². The number of rotatable bonds is 4. The fourth-order valence-electron chi connectivity index (χ4n) is 2.88. The number of benzene rings is 1. The van der Waals surface area contributed by atoms with Crippen LogP contribution in [0.3, 0.4) is 0 Å². The van der Waals surface area contributed by atoms with Gasteiger partial charge in [0.15, 0.2) is 0 Å². The predicted octanol–water partition coefficient (Wildman–Crippen LogP) is 3.78. The summed E-state index contributed by atoms with van der Waals surface area (Å²) in [5, 5.41) is 14.0. The molecule has 0 aliphatic carbocycles. The van der Waals surface area contributed by atoms with Crippen LogP contribution in [0.15, 0.2) is 69.5 Å². The fourth-order valence-corrected chi connectivity index (χ4v) is 3.93. The molecule has 0 saturated carbocycles. The molecule has 0 aromatic heterocycles. The average Bonchev–Trinajstić information content (AvgIpc) is 2.61. The molecular weight excluding hydrogens is 316 g/mol. The molecule has 4 nitrogen and oxygen atoms in total. The Morgan fingerprint density at radius 3 is 2.79 bits per heavy atom. The average molecular weight is 336 g/mol. The Morgan fingerprint density at radius 1 is 1.38 bits per heavy atom. The van der Waals surface area contributed by atoms with Crippen LogP contribution in [0.1, 0.15) is 19.4 Å². The van der Waals surface area contributed by atoms with Crippen molar-refractivity contribution < 1.29 is 0 Å². The summed E-state index contributed by atoms with van der Waals surface area (Å²) in [5.41, 5.74) is 4.53. The van der Waals surface area contributed by atoms with Gasteiger partial charge in [0.25, 0.3) is 0 Å². The lowest BCUT2D eigenvalue weighted by molar-refractivity contribution is 0.533. The van der Waals surface area contributed by atoms with E-state index in [9.17, 15) is 5.26 Å². The molecule has 0 radical (unpaired) electrons. The summed E-state index contributed by atoms with van der Waals surface area (Å²) in [6.45, 7) is 9.15. The fraction of sp³-hybridized carbons (Fsp3) is 0.263. The minimum absolute atomic E-state index is 0.0781. The number of hydrogen-bond donors (Lipinski definition) is 1. The van der Waals surface area contributed by atoms with E-state index >= 15 is 0 Å². The highest BCUT2D eigenvalue weighted by molar-refractivity contribution is 8.02. The Bertz CT molecular complexity index is 783. The van der Waals surface area contributed by atoms with Gasteiger partial charge in [0.1, 0.15) is 11.6 Å². The van der Waals surface area contributed by atoms with Crippen molar-refractivity contribution in [2.24, 2.45) is 4.99 Å². The number of hydrogen-bond acceptors (Lipinski definition) is 5. The predicted molar refractivity (Wildman–Crippen MR) is 100 cm³/mol. The van der Waals surface area contributed by atoms with E-state index in [-0.39, 0.29) is 6.04 Å². The van der Waals surface area contributed by atoms with Crippen LogP contribution in [-0.4, -0.2) is 23.8 Å². The molecule has 1 aromatic rings.